The highest BCUT2D eigenvalue weighted by atomic mass is 32.2. The average Bonchev–Trinajstić information content (AvgIpc) is 2.86. The molecule has 1 heterocycles. The lowest BCUT2D eigenvalue weighted by atomic mass is 10.1. The summed E-state index contributed by atoms with van der Waals surface area (Å²) in [7, 11) is 0. The molecule has 19 heavy (non-hydrogen) atoms. The predicted octanol–water partition coefficient (Wildman–Crippen LogP) is 0.594. The average molecular weight is 302 g/mol. The normalized spacial score (nSPS) is 13.6. The lowest BCUT2D eigenvalue weighted by molar-refractivity contribution is -0.139. The molecule has 2 amide bonds. The second-order valence-corrected chi connectivity index (χ2v) is 6.07. The Balaban J connectivity index is 2.31. The van der Waals surface area contributed by atoms with E-state index in [1.54, 1.807) is 6.92 Å². The van der Waals surface area contributed by atoms with Crippen LogP contribution in [-0.2, 0) is 16.1 Å². The first kappa shape index (κ1) is 16.0. The molecule has 0 aliphatic heterocycles. The van der Waals surface area contributed by atoms with Gasteiger partial charge in [0.2, 0.25) is 0 Å². The number of hydrogen-bond acceptors (Lipinski definition) is 5. The largest absolute Gasteiger partial charge is 0.387 e. The van der Waals surface area contributed by atoms with Crippen LogP contribution < -0.4 is 10.6 Å². The van der Waals surface area contributed by atoms with E-state index >= 15 is 0 Å². The summed E-state index contributed by atoms with van der Waals surface area (Å²) in [5, 5.41) is 18.6. The molecule has 0 aliphatic carbocycles. The Labute approximate surface area is 120 Å². The molecule has 1 aromatic heterocycles. The summed E-state index contributed by atoms with van der Waals surface area (Å²) in [6.07, 6.45) is 1.86. The molecular weight excluding hydrogens is 284 g/mol. The number of rotatable bonds is 6. The zero-order chi connectivity index (χ0) is 14.3. The summed E-state index contributed by atoms with van der Waals surface area (Å²) in [5.41, 5.74) is -0.0524. The summed E-state index contributed by atoms with van der Waals surface area (Å²) >= 11 is 3.01. The van der Waals surface area contributed by atoms with Crippen molar-refractivity contribution in [1.29, 1.82) is 0 Å². The van der Waals surface area contributed by atoms with Crippen LogP contribution >= 0.6 is 23.1 Å². The van der Waals surface area contributed by atoms with Gasteiger partial charge in [0, 0.05) is 18.8 Å². The van der Waals surface area contributed by atoms with E-state index in [1.165, 1.54) is 23.1 Å². The van der Waals surface area contributed by atoms with Gasteiger partial charge < -0.3 is 15.7 Å². The lowest BCUT2D eigenvalue weighted by Crippen LogP contribution is -2.47. The summed E-state index contributed by atoms with van der Waals surface area (Å²) in [4.78, 5) is 23.0. The molecule has 1 atom stereocenters. The van der Waals surface area contributed by atoms with Crippen molar-refractivity contribution < 1.29 is 14.7 Å². The maximum Gasteiger partial charge on any atom is 0.309 e. The van der Waals surface area contributed by atoms with E-state index in [2.05, 4.69) is 10.6 Å². The van der Waals surface area contributed by atoms with Crippen molar-refractivity contribution in [3.63, 3.8) is 0 Å². The summed E-state index contributed by atoms with van der Waals surface area (Å²) in [6.45, 7) is 2.00. The highest BCUT2D eigenvalue weighted by Gasteiger charge is 2.22. The Morgan fingerprint density at radius 2 is 2.11 bits per heavy atom. The number of aliphatic hydroxyl groups is 1. The SMILES string of the molecule is CSCC(C)(O)CNC(=O)C(=O)NCc1ccsc1. The molecule has 1 unspecified atom stereocenters. The van der Waals surface area contributed by atoms with Crippen molar-refractivity contribution in [2.24, 2.45) is 0 Å². The highest BCUT2D eigenvalue weighted by molar-refractivity contribution is 7.98. The van der Waals surface area contributed by atoms with Crippen LogP contribution in [0.25, 0.3) is 0 Å². The molecule has 3 N–H and O–H groups in total. The van der Waals surface area contributed by atoms with E-state index in [0.717, 1.165) is 5.56 Å². The molecule has 0 saturated heterocycles. The topological polar surface area (TPSA) is 78.4 Å². The lowest BCUT2D eigenvalue weighted by Gasteiger charge is -2.22. The van der Waals surface area contributed by atoms with E-state index in [1.807, 2.05) is 23.1 Å². The van der Waals surface area contributed by atoms with Crippen LogP contribution in [0.2, 0.25) is 0 Å². The Morgan fingerprint density at radius 1 is 1.42 bits per heavy atom. The minimum absolute atomic E-state index is 0.0541. The van der Waals surface area contributed by atoms with Gasteiger partial charge in [0.1, 0.15) is 0 Å². The van der Waals surface area contributed by atoms with Crippen LogP contribution in [0.5, 0.6) is 0 Å². The molecule has 0 spiro atoms. The maximum atomic E-state index is 11.5. The first-order chi connectivity index (χ1) is 8.94. The number of thiophene rings is 1. The van der Waals surface area contributed by atoms with Gasteiger partial charge in [-0.05, 0) is 35.6 Å². The molecule has 0 fully saturated rings. The Bertz CT molecular complexity index is 419. The van der Waals surface area contributed by atoms with Crippen LogP contribution in [-0.4, -0.2) is 41.1 Å². The van der Waals surface area contributed by atoms with Gasteiger partial charge >= 0.3 is 11.8 Å². The minimum Gasteiger partial charge on any atom is -0.387 e. The van der Waals surface area contributed by atoms with E-state index in [9.17, 15) is 14.7 Å². The van der Waals surface area contributed by atoms with Crippen LogP contribution in [0.4, 0.5) is 0 Å². The third-order valence-electron chi connectivity index (χ3n) is 2.32. The first-order valence-corrected chi connectivity index (χ1v) is 8.07. The molecule has 7 heteroatoms. The van der Waals surface area contributed by atoms with Crippen molar-refractivity contribution in [3.8, 4) is 0 Å². The van der Waals surface area contributed by atoms with Crippen LogP contribution in [0.1, 0.15) is 12.5 Å². The molecule has 5 nitrogen and oxygen atoms in total. The van der Waals surface area contributed by atoms with Crippen molar-refractivity contribution >= 4 is 34.9 Å². The molecule has 106 valence electrons. The first-order valence-electron chi connectivity index (χ1n) is 5.73. The number of carbonyl (C=O) groups is 2. The van der Waals surface area contributed by atoms with E-state index < -0.39 is 17.4 Å². The van der Waals surface area contributed by atoms with E-state index in [0.29, 0.717) is 12.3 Å². The standard InChI is InChI=1S/C12H18N2O3S2/c1-12(17,8-18-2)7-14-11(16)10(15)13-5-9-3-4-19-6-9/h3-4,6,17H,5,7-8H2,1-2H3,(H,13,15)(H,14,16). The molecular formula is C12H18N2O3S2. The van der Waals surface area contributed by atoms with Gasteiger partial charge in [0.15, 0.2) is 0 Å². The van der Waals surface area contributed by atoms with Gasteiger partial charge in [-0.25, -0.2) is 0 Å². The molecule has 0 radical (unpaired) electrons. The Morgan fingerprint density at radius 3 is 2.68 bits per heavy atom. The Kier molecular flexibility index (Phi) is 6.33. The quantitative estimate of drug-likeness (QED) is 0.672. The predicted molar refractivity (Wildman–Crippen MR) is 78.2 cm³/mol. The monoisotopic (exact) mass is 302 g/mol. The number of carbonyl (C=O) groups excluding carboxylic acids is 2. The van der Waals surface area contributed by atoms with Crippen molar-refractivity contribution in [1.82, 2.24) is 10.6 Å². The van der Waals surface area contributed by atoms with Gasteiger partial charge in [-0.1, -0.05) is 0 Å². The molecule has 0 aliphatic rings. The van der Waals surface area contributed by atoms with Gasteiger partial charge in [-0.15, -0.1) is 0 Å². The van der Waals surface area contributed by atoms with Crippen molar-refractivity contribution in [3.05, 3.63) is 22.4 Å². The number of hydrogen-bond donors (Lipinski definition) is 3. The van der Waals surface area contributed by atoms with Gasteiger partial charge in [0.05, 0.1) is 5.60 Å². The molecule has 0 bridgehead atoms. The highest BCUT2D eigenvalue weighted by Crippen LogP contribution is 2.08. The van der Waals surface area contributed by atoms with Gasteiger partial charge in [-0.2, -0.15) is 23.1 Å². The molecule has 1 rings (SSSR count). The summed E-state index contributed by atoms with van der Waals surface area (Å²) in [5.74, 6) is -0.924. The zero-order valence-corrected chi connectivity index (χ0v) is 12.6. The fourth-order valence-corrected chi connectivity index (χ4v) is 2.76. The van der Waals surface area contributed by atoms with Crippen LogP contribution in [0, 0.1) is 0 Å². The van der Waals surface area contributed by atoms with Crippen LogP contribution in [0.3, 0.4) is 0 Å². The smallest absolute Gasteiger partial charge is 0.309 e. The van der Waals surface area contributed by atoms with Crippen molar-refractivity contribution in [2.45, 2.75) is 19.1 Å². The molecule has 1 aromatic rings. The Hall–Kier alpha value is -1.05. The number of thioether (sulfide) groups is 1. The number of amides is 2. The van der Waals surface area contributed by atoms with Gasteiger partial charge in [0.25, 0.3) is 0 Å². The van der Waals surface area contributed by atoms with E-state index in [-0.39, 0.29) is 6.54 Å². The van der Waals surface area contributed by atoms with Crippen molar-refractivity contribution in [2.75, 3.05) is 18.6 Å². The fraction of sp³-hybridized carbons (Fsp3) is 0.500. The maximum absolute atomic E-state index is 11.5. The third kappa shape index (κ3) is 6.09. The second-order valence-electron chi connectivity index (χ2n) is 4.43. The second kappa shape index (κ2) is 7.52. The summed E-state index contributed by atoms with van der Waals surface area (Å²) in [6, 6.07) is 1.88. The fourth-order valence-electron chi connectivity index (χ4n) is 1.37. The molecule has 0 aromatic carbocycles. The third-order valence-corrected chi connectivity index (χ3v) is 3.97. The number of nitrogens with one attached hydrogen (secondary N) is 2. The minimum atomic E-state index is -1.01. The van der Waals surface area contributed by atoms with Crippen LogP contribution in [0.15, 0.2) is 16.8 Å². The summed E-state index contributed by atoms with van der Waals surface area (Å²) < 4.78 is 0. The van der Waals surface area contributed by atoms with Gasteiger partial charge in [-0.3, -0.25) is 9.59 Å². The zero-order valence-electron chi connectivity index (χ0n) is 10.9. The molecule has 0 saturated carbocycles. The van der Waals surface area contributed by atoms with E-state index in [4.69, 9.17) is 0 Å².